The molecule has 4 amide bonds. The number of carboxylic acid groups (broad SMARTS) is 2. The molecule has 0 bridgehead atoms. The maximum absolute atomic E-state index is 13.0. The van der Waals surface area contributed by atoms with Crippen molar-refractivity contribution in [2.45, 2.75) is 75.9 Å². The Hall–Kier alpha value is -4.03. The molecule has 18 nitrogen and oxygen atoms in total. The Morgan fingerprint density at radius 2 is 1.44 bits per heavy atom. The fourth-order valence-electron chi connectivity index (χ4n) is 2.97. The van der Waals surface area contributed by atoms with E-state index >= 15 is 0 Å². The van der Waals surface area contributed by atoms with E-state index in [0.29, 0.717) is 0 Å². The SMILES string of the molecule is C[C@@H](O)[C@H](N)C(=O)NCC(=O)N[C@@H](CCCN=C(N)N)C(=O)N[C@H](C(=O)N[C@@H](CCC(=O)O)C(=O)O)[C@@H](C)O. The fourth-order valence-corrected chi connectivity index (χ4v) is 2.97. The highest BCUT2D eigenvalue weighted by molar-refractivity contribution is 5.94. The van der Waals surface area contributed by atoms with Gasteiger partial charge in [0.2, 0.25) is 23.6 Å². The summed E-state index contributed by atoms with van der Waals surface area (Å²) in [6.45, 7) is 1.89. The number of nitrogens with two attached hydrogens (primary N) is 3. The van der Waals surface area contributed by atoms with E-state index in [0.717, 1.165) is 6.92 Å². The van der Waals surface area contributed by atoms with Crippen molar-refractivity contribution in [3.8, 4) is 0 Å². The number of rotatable bonds is 18. The number of hydrogen-bond acceptors (Lipinski definition) is 10. The third-order valence-electron chi connectivity index (χ3n) is 5.17. The summed E-state index contributed by atoms with van der Waals surface area (Å²) < 4.78 is 0. The highest BCUT2D eigenvalue weighted by atomic mass is 16.4. The molecule has 39 heavy (non-hydrogen) atoms. The van der Waals surface area contributed by atoms with E-state index in [2.05, 4.69) is 26.3 Å². The van der Waals surface area contributed by atoms with Crippen LogP contribution in [0.5, 0.6) is 0 Å². The number of aliphatic carboxylic acids is 2. The van der Waals surface area contributed by atoms with Gasteiger partial charge >= 0.3 is 11.9 Å². The van der Waals surface area contributed by atoms with E-state index in [1.165, 1.54) is 6.92 Å². The summed E-state index contributed by atoms with van der Waals surface area (Å²) in [7, 11) is 0. The molecule has 0 aromatic rings. The molecule has 18 heteroatoms. The van der Waals surface area contributed by atoms with Gasteiger partial charge in [-0.1, -0.05) is 0 Å². The summed E-state index contributed by atoms with van der Waals surface area (Å²) in [6.07, 6.45) is -3.61. The van der Waals surface area contributed by atoms with Gasteiger partial charge in [0.15, 0.2) is 5.96 Å². The van der Waals surface area contributed by atoms with E-state index in [1.54, 1.807) is 0 Å². The first-order valence-electron chi connectivity index (χ1n) is 11.9. The van der Waals surface area contributed by atoms with Crippen LogP contribution in [0.4, 0.5) is 0 Å². The minimum atomic E-state index is -1.68. The van der Waals surface area contributed by atoms with Crippen LogP contribution in [0.25, 0.3) is 0 Å². The first kappa shape index (κ1) is 35.0. The van der Waals surface area contributed by atoms with Crippen molar-refractivity contribution in [1.29, 1.82) is 0 Å². The maximum Gasteiger partial charge on any atom is 0.326 e. The Morgan fingerprint density at radius 3 is 1.92 bits per heavy atom. The van der Waals surface area contributed by atoms with Crippen molar-refractivity contribution >= 4 is 41.5 Å². The Labute approximate surface area is 223 Å². The topological polar surface area (TPSA) is 322 Å². The second-order valence-electron chi connectivity index (χ2n) is 8.61. The highest BCUT2D eigenvalue weighted by Gasteiger charge is 2.32. The molecule has 0 saturated heterocycles. The van der Waals surface area contributed by atoms with Crippen LogP contribution in [-0.2, 0) is 28.8 Å². The molecule has 14 N–H and O–H groups in total. The van der Waals surface area contributed by atoms with Crippen molar-refractivity contribution in [3.63, 3.8) is 0 Å². The monoisotopic (exact) mass is 562 g/mol. The van der Waals surface area contributed by atoms with Crippen LogP contribution in [-0.4, -0.2) is 111 Å². The Morgan fingerprint density at radius 1 is 0.821 bits per heavy atom. The molecule has 0 aromatic carbocycles. The standard InChI is InChI=1S/C21H38N8O10/c1-9(30)15(22)18(36)26-8-13(32)27-11(4-3-7-25-21(23)24)17(35)29-16(10(2)31)19(37)28-12(20(38)39)5-6-14(33)34/h9-12,15-16,30-31H,3-8,22H2,1-2H3,(H,26,36)(H,27,32)(H,28,37)(H,29,35)(H,33,34)(H,38,39)(H4,23,24,25)/t9-,10-,11+,12+,15+,16+/m1/s1. The maximum atomic E-state index is 13.0. The quantitative estimate of drug-likeness (QED) is 0.0422. The average molecular weight is 563 g/mol. The number of guanidine groups is 1. The number of hydrogen-bond donors (Lipinski definition) is 11. The third kappa shape index (κ3) is 14.5. The average Bonchev–Trinajstić information content (AvgIpc) is 2.83. The lowest BCUT2D eigenvalue weighted by Gasteiger charge is -2.26. The largest absolute Gasteiger partial charge is 0.481 e. The van der Waals surface area contributed by atoms with Crippen LogP contribution in [0.3, 0.4) is 0 Å². The van der Waals surface area contributed by atoms with Crippen LogP contribution >= 0.6 is 0 Å². The summed E-state index contributed by atoms with van der Waals surface area (Å²) in [5.41, 5.74) is 16.0. The highest BCUT2D eigenvalue weighted by Crippen LogP contribution is 2.04. The molecule has 0 aliphatic rings. The lowest BCUT2D eigenvalue weighted by Crippen LogP contribution is -2.59. The smallest absolute Gasteiger partial charge is 0.326 e. The van der Waals surface area contributed by atoms with Gasteiger partial charge < -0.3 is 58.9 Å². The summed E-state index contributed by atoms with van der Waals surface area (Å²) in [4.78, 5) is 75.7. The lowest BCUT2D eigenvalue weighted by molar-refractivity contribution is -0.144. The zero-order chi connectivity index (χ0) is 30.3. The Bertz CT molecular complexity index is 907. The van der Waals surface area contributed by atoms with Crippen molar-refractivity contribution in [3.05, 3.63) is 0 Å². The molecule has 0 heterocycles. The van der Waals surface area contributed by atoms with E-state index < -0.39 is 91.3 Å². The van der Waals surface area contributed by atoms with Gasteiger partial charge in [-0.15, -0.1) is 0 Å². The minimum absolute atomic E-state index is 0.0556. The molecule has 0 saturated carbocycles. The molecule has 0 unspecified atom stereocenters. The number of amides is 4. The van der Waals surface area contributed by atoms with Crippen LogP contribution in [0, 0.1) is 0 Å². The number of nitrogens with one attached hydrogen (secondary N) is 4. The zero-order valence-electron chi connectivity index (χ0n) is 21.6. The molecule has 0 fully saturated rings. The molecule has 0 aliphatic heterocycles. The number of carboxylic acids is 2. The van der Waals surface area contributed by atoms with Gasteiger partial charge in [-0.25, -0.2) is 4.79 Å². The van der Waals surface area contributed by atoms with Gasteiger partial charge in [0.25, 0.3) is 0 Å². The Balaban J connectivity index is 5.51. The van der Waals surface area contributed by atoms with Crippen molar-refractivity contribution in [1.82, 2.24) is 21.3 Å². The van der Waals surface area contributed by atoms with Crippen molar-refractivity contribution in [2.24, 2.45) is 22.2 Å². The van der Waals surface area contributed by atoms with Gasteiger partial charge in [-0.05, 0) is 33.1 Å². The summed E-state index contributed by atoms with van der Waals surface area (Å²) in [5.74, 6) is -6.74. The first-order valence-corrected chi connectivity index (χ1v) is 11.9. The third-order valence-corrected chi connectivity index (χ3v) is 5.17. The number of carbonyl (C=O) groups is 6. The lowest BCUT2D eigenvalue weighted by atomic mass is 10.1. The molecule has 0 radical (unpaired) electrons. The minimum Gasteiger partial charge on any atom is -0.481 e. The van der Waals surface area contributed by atoms with E-state index in [4.69, 9.17) is 22.3 Å². The van der Waals surface area contributed by atoms with E-state index in [1.807, 2.05) is 0 Å². The molecule has 0 aliphatic carbocycles. The van der Waals surface area contributed by atoms with Crippen LogP contribution in [0.15, 0.2) is 4.99 Å². The second-order valence-corrected chi connectivity index (χ2v) is 8.61. The number of carbonyl (C=O) groups excluding carboxylic acids is 4. The van der Waals surface area contributed by atoms with Gasteiger partial charge in [-0.2, -0.15) is 0 Å². The van der Waals surface area contributed by atoms with E-state index in [9.17, 15) is 44.1 Å². The van der Waals surface area contributed by atoms with Crippen LogP contribution in [0.1, 0.15) is 39.5 Å². The van der Waals surface area contributed by atoms with Gasteiger partial charge in [0, 0.05) is 13.0 Å². The molecule has 0 aromatic heterocycles. The summed E-state index contributed by atoms with van der Waals surface area (Å²) in [6, 6.07) is -5.90. The van der Waals surface area contributed by atoms with Crippen molar-refractivity contribution < 1.29 is 49.2 Å². The predicted molar refractivity (Wildman–Crippen MR) is 135 cm³/mol. The van der Waals surface area contributed by atoms with Gasteiger partial charge in [0.1, 0.15) is 24.2 Å². The Kier molecular flexibility index (Phi) is 15.7. The molecular formula is C21H38N8O10. The molecule has 0 spiro atoms. The van der Waals surface area contributed by atoms with Gasteiger partial charge in [0.05, 0.1) is 18.8 Å². The number of aliphatic hydroxyl groups excluding tert-OH is 2. The predicted octanol–water partition coefficient (Wildman–Crippen LogP) is -5.35. The summed E-state index contributed by atoms with van der Waals surface area (Å²) in [5, 5.41) is 46.3. The molecular weight excluding hydrogens is 524 g/mol. The fraction of sp³-hybridized carbons (Fsp3) is 0.667. The second kappa shape index (κ2) is 17.5. The first-order chi connectivity index (χ1) is 18.1. The number of nitrogens with zero attached hydrogens (tertiary/aromatic N) is 1. The van der Waals surface area contributed by atoms with Crippen LogP contribution < -0.4 is 38.5 Å². The van der Waals surface area contributed by atoms with Gasteiger partial charge in [-0.3, -0.25) is 29.0 Å². The number of aliphatic hydroxyl groups is 2. The van der Waals surface area contributed by atoms with E-state index in [-0.39, 0.29) is 25.3 Å². The van der Waals surface area contributed by atoms with Crippen molar-refractivity contribution in [2.75, 3.05) is 13.1 Å². The molecule has 0 rings (SSSR count). The zero-order valence-corrected chi connectivity index (χ0v) is 21.6. The summed E-state index contributed by atoms with van der Waals surface area (Å²) >= 11 is 0. The molecule has 6 atom stereocenters. The van der Waals surface area contributed by atoms with Crippen LogP contribution in [0.2, 0.25) is 0 Å². The number of aliphatic imine (C=N–C) groups is 1. The molecule has 222 valence electrons. The normalized spacial score (nSPS) is 15.3.